The van der Waals surface area contributed by atoms with Crippen LogP contribution in [0.3, 0.4) is 0 Å². The van der Waals surface area contributed by atoms with E-state index in [0.717, 1.165) is 12.0 Å². The third-order valence-electron chi connectivity index (χ3n) is 4.63. The first-order valence-electron chi connectivity index (χ1n) is 8.01. The maximum absolute atomic E-state index is 10.3. The van der Waals surface area contributed by atoms with Gasteiger partial charge in [-0.05, 0) is 63.8 Å². The van der Waals surface area contributed by atoms with Crippen molar-refractivity contribution >= 4 is 0 Å². The summed E-state index contributed by atoms with van der Waals surface area (Å²) in [5.41, 5.74) is -0.226. The van der Waals surface area contributed by atoms with Gasteiger partial charge in [-0.25, -0.2) is 0 Å². The number of aliphatic hydroxyl groups is 2. The topological polar surface area (TPSA) is 49.7 Å². The summed E-state index contributed by atoms with van der Waals surface area (Å²) >= 11 is 0. The van der Waals surface area contributed by atoms with E-state index < -0.39 is 22.4 Å². The fraction of sp³-hybridized carbons (Fsp3) is 0.579. The van der Waals surface area contributed by atoms with E-state index in [9.17, 15) is 10.2 Å². The quantitative estimate of drug-likeness (QED) is 0.820. The van der Waals surface area contributed by atoms with Crippen LogP contribution in [0.25, 0.3) is 0 Å². The average molecular weight is 302 g/mol. The molecule has 0 saturated carbocycles. The highest BCUT2D eigenvalue weighted by molar-refractivity contribution is 5.51. The monoisotopic (exact) mass is 302 g/mol. The van der Waals surface area contributed by atoms with Crippen molar-refractivity contribution in [3.8, 4) is 0 Å². The molecule has 120 valence electrons. The van der Waals surface area contributed by atoms with Crippen LogP contribution in [0.15, 0.2) is 36.4 Å². The molecule has 2 aliphatic heterocycles. The third kappa shape index (κ3) is 2.62. The largest absolute Gasteiger partial charge is 0.390 e. The lowest BCUT2D eigenvalue weighted by molar-refractivity contribution is -0.114. The lowest BCUT2D eigenvalue weighted by Gasteiger charge is -2.32. The minimum atomic E-state index is -0.811. The van der Waals surface area contributed by atoms with E-state index in [-0.39, 0.29) is 0 Å². The summed E-state index contributed by atoms with van der Waals surface area (Å²) in [6.07, 6.45) is 6.13. The van der Waals surface area contributed by atoms with Crippen LogP contribution in [0.2, 0.25) is 0 Å². The minimum absolute atomic E-state index is 0.470. The molecule has 0 amide bonds. The van der Waals surface area contributed by atoms with Gasteiger partial charge in [-0.15, -0.1) is 0 Å². The van der Waals surface area contributed by atoms with Gasteiger partial charge in [0.25, 0.3) is 0 Å². The Hall–Kier alpha value is -1.16. The molecule has 0 radical (unpaired) electrons. The number of benzene rings is 1. The summed E-state index contributed by atoms with van der Waals surface area (Å²) in [5, 5.41) is 20.4. The molecule has 3 rings (SSSR count). The molecule has 22 heavy (non-hydrogen) atoms. The van der Waals surface area contributed by atoms with Crippen LogP contribution >= 0.6 is 0 Å². The first-order valence-corrected chi connectivity index (χ1v) is 8.01. The molecule has 0 aromatic heterocycles. The molecule has 2 heterocycles. The third-order valence-corrected chi connectivity index (χ3v) is 4.63. The first kappa shape index (κ1) is 15.7. The molecular weight excluding hydrogens is 276 g/mol. The lowest BCUT2D eigenvalue weighted by atomic mass is 9.76. The van der Waals surface area contributed by atoms with E-state index >= 15 is 0 Å². The number of ether oxygens (including phenoxy) is 1. The molecule has 0 aliphatic carbocycles. The molecule has 3 heteroatoms. The molecule has 1 aromatic rings. The van der Waals surface area contributed by atoms with Gasteiger partial charge in [-0.2, -0.15) is 0 Å². The summed E-state index contributed by atoms with van der Waals surface area (Å²) in [6.45, 7) is 7.29. The summed E-state index contributed by atoms with van der Waals surface area (Å²) in [4.78, 5) is 0. The molecule has 2 bridgehead atoms. The van der Waals surface area contributed by atoms with Crippen molar-refractivity contribution in [3.05, 3.63) is 47.5 Å². The second-order valence-electron chi connectivity index (χ2n) is 8.06. The molecule has 0 fully saturated rings. The lowest BCUT2D eigenvalue weighted by Crippen LogP contribution is -2.34. The number of rotatable bonds is 5. The molecular formula is C19H26O3. The van der Waals surface area contributed by atoms with E-state index in [1.807, 2.05) is 39.8 Å². The van der Waals surface area contributed by atoms with Gasteiger partial charge in [0.15, 0.2) is 0 Å². The van der Waals surface area contributed by atoms with Gasteiger partial charge in [0, 0.05) is 6.42 Å². The van der Waals surface area contributed by atoms with Gasteiger partial charge < -0.3 is 14.9 Å². The van der Waals surface area contributed by atoms with Crippen LogP contribution in [0.4, 0.5) is 0 Å². The molecule has 0 spiro atoms. The zero-order valence-corrected chi connectivity index (χ0v) is 13.9. The summed E-state index contributed by atoms with van der Waals surface area (Å²) in [5.74, 6) is 0. The highest BCUT2D eigenvalue weighted by atomic mass is 16.5. The van der Waals surface area contributed by atoms with Gasteiger partial charge in [0.05, 0.1) is 11.2 Å². The highest BCUT2D eigenvalue weighted by Crippen LogP contribution is 2.58. The zero-order chi connectivity index (χ0) is 16.2. The first-order chi connectivity index (χ1) is 10.1. The van der Waals surface area contributed by atoms with Crippen LogP contribution in [0.1, 0.15) is 58.1 Å². The molecule has 2 N–H and O–H groups in total. The predicted octanol–water partition coefficient (Wildman–Crippen LogP) is 3.39. The van der Waals surface area contributed by atoms with Crippen LogP contribution in [0, 0.1) is 0 Å². The van der Waals surface area contributed by atoms with Crippen molar-refractivity contribution in [1.29, 1.82) is 0 Å². The Morgan fingerprint density at radius 1 is 0.909 bits per heavy atom. The Morgan fingerprint density at radius 2 is 1.45 bits per heavy atom. The Morgan fingerprint density at radius 3 is 2.00 bits per heavy atom. The fourth-order valence-electron chi connectivity index (χ4n) is 3.77. The maximum atomic E-state index is 10.3. The smallest absolute Gasteiger partial charge is 0.116 e. The van der Waals surface area contributed by atoms with Gasteiger partial charge in [0.2, 0.25) is 0 Å². The van der Waals surface area contributed by atoms with E-state index in [2.05, 4.69) is 24.3 Å². The number of hydrogen-bond acceptors (Lipinski definition) is 3. The Bertz CT molecular complexity index is 606. The van der Waals surface area contributed by atoms with Gasteiger partial charge in [-0.1, -0.05) is 24.3 Å². The fourth-order valence-corrected chi connectivity index (χ4v) is 3.77. The maximum Gasteiger partial charge on any atom is 0.116 e. The molecule has 2 unspecified atom stereocenters. The summed E-state index contributed by atoms with van der Waals surface area (Å²) < 4.78 is 6.51. The van der Waals surface area contributed by atoms with E-state index in [4.69, 9.17) is 4.74 Å². The predicted molar refractivity (Wildman–Crippen MR) is 86.5 cm³/mol. The number of hydrogen-bond donors (Lipinski definition) is 2. The van der Waals surface area contributed by atoms with E-state index in [0.29, 0.717) is 12.8 Å². The van der Waals surface area contributed by atoms with Gasteiger partial charge in [0.1, 0.15) is 11.2 Å². The van der Waals surface area contributed by atoms with Gasteiger partial charge >= 0.3 is 0 Å². The van der Waals surface area contributed by atoms with Gasteiger partial charge in [-0.3, -0.25) is 0 Å². The molecule has 2 atom stereocenters. The van der Waals surface area contributed by atoms with Crippen molar-refractivity contribution in [3.63, 3.8) is 0 Å². The van der Waals surface area contributed by atoms with Crippen LogP contribution in [-0.2, 0) is 15.9 Å². The second kappa shape index (κ2) is 4.67. The molecule has 0 saturated heterocycles. The average Bonchev–Trinajstić information content (AvgIpc) is 2.86. The minimum Gasteiger partial charge on any atom is -0.390 e. The van der Waals surface area contributed by atoms with Crippen molar-refractivity contribution in [2.45, 2.75) is 69.4 Å². The standard InChI is InChI=1S/C19H26O3/c1-16(2,20)9-10-18-11-12-19(22-18,13-17(3,4)21)15-8-6-5-7-14(15)18/h5-8,11-12,20-21H,9-10,13H2,1-4H3. The van der Waals surface area contributed by atoms with Crippen molar-refractivity contribution in [2.75, 3.05) is 0 Å². The van der Waals surface area contributed by atoms with Crippen molar-refractivity contribution in [2.24, 2.45) is 0 Å². The van der Waals surface area contributed by atoms with Crippen molar-refractivity contribution in [1.82, 2.24) is 0 Å². The molecule has 2 aliphatic rings. The Kier molecular flexibility index (Phi) is 3.34. The SMILES string of the molecule is CC(C)(O)CCC12C=CC(CC(C)(C)O)(O1)c1ccccc12. The van der Waals surface area contributed by atoms with Crippen LogP contribution in [-0.4, -0.2) is 21.4 Å². The normalized spacial score (nSPS) is 29.9. The van der Waals surface area contributed by atoms with Crippen LogP contribution in [0.5, 0.6) is 0 Å². The molecule has 1 aromatic carbocycles. The van der Waals surface area contributed by atoms with Crippen molar-refractivity contribution < 1.29 is 14.9 Å². The Balaban J connectivity index is 1.98. The second-order valence-corrected chi connectivity index (χ2v) is 8.06. The zero-order valence-electron chi connectivity index (χ0n) is 13.9. The summed E-state index contributed by atoms with van der Waals surface area (Å²) in [7, 11) is 0. The summed E-state index contributed by atoms with van der Waals surface area (Å²) in [6, 6.07) is 8.25. The Labute approximate surface area is 132 Å². The van der Waals surface area contributed by atoms with E-state index in [1.54, 1.807) is 0 Å². The van der Waals surface area contributed by atoms with E-state index in [1.165, 1.54) is 5.56 Å². The van der Waals surface area contributed by atoms with Crippen LogP contribution < -0.4 is 0 Å². The highest BCUT2D eigenvalue weighted by Gasteiger charge is 2.56. The number of fused-ring (bicyclic) bond motifs is 5. The molecule has 3 nitrogen and oxygen atoms in total.